The molecule has 0 bridgehead atoms. The van der Waals surface area contributed by atoms with Crippen molar-refractivity contribution in [1.82, 2.24) is 4.90 Å². The molecule has 2 aromatic rings. The maximum atomic E-state index is 12.4. The minimum Gasteiger partial charge on any atom is -0.489 e. The van der Waals surface area contributed by atoms with Gasteiger partial charge in [0.1, 0.15) is 12.3 Å². The SMILES string of the molecule is CC(=O)N(CC(=O)Nc1ccccc1OC(C)C)Cc1ccc(C)cc1. The number of nitrogens with zero attached hydrogens (tertiary/aromatic N) is 1. The van der Waals surface area contributed by atoms with E-state index in [9.17, 15) is 9.59 Å². The fourth-order valence-electron chi connectivity index (χ4n) is 2.48. The number of para-hydroxylation sites is 2. The van der Waals surface area contributed by atoms with Gasteiger partial charge in [0.25, 0.3) is 0 Å². The third-order valence-corrected chi connectivity index (χ3v) is 3.80. The van der Waals surface area contributed by atoms with Crippen LogP contribution in [-0.4, -0.2) is 29.4 Å². The molecule has 138 valence electrons. The summed E-state index contributed by atoms with van der Waals surface area (Å²) in [6.45, 7) is 7.72. The molecule has 2 amide bonds. The van der Waals surface area contributed by atoms with Gasteiger partial charge < -0.3 is 15.0 Å². The summed E-state index contributed by atoms with van der Waals surface area (Å²) in [7, 11) is 0. The number of hydrogen-bond donors (Lipinski definition) is 1. The molecule has 0 unspecified atom stereocenters. The van der Waals surface area contributed by atoms with Crippen LogP contribution in [0.5, 0.6) is 5.75 Å². The van der Waals surface area contributed by atoms with E-state index in [1.807, 2.05) is 63.2 Å². The lowest BCUT2D eigenvalue weighted by molar-refractivity contribution is -0.133. The molecule has 5 heteroatoms. The molecule has 0 atom stereocenters. The van der Waals surface area contributed by atoms with Gasteiger partial charge in [-0.25, -0.2) is 0 Å². The zero-order valence-electron chi connectivity index (χ0n) is 15.8. The van der Waals surface area contributed by atoms with E-state index in [0.29, 0.717) is 18.0 Å². The Labute approximate surface area is 155 Å². The number of carbonyl (C=O) groups excluding carboxylic acids is 2. The normalized spacial score (nSPS) is 10.5. The molecular formula is C21H26N2O3. The number of benzene rings is 2. The molecule has 0 aromatic heterocycles. The van der Waals surface area contributed by atoms with Gasteiger partial charge in [-0.05, 0) is 38.5 Å². The Balaban J connectivity index is 2.04. The van der Waals surface area contributed by atoms with Crippen LogP contribution >= 0.6 is 0 Å². The topological polar surface area (TPSA) is 58.6 Å². The lowest BCUT2D eigenvalue weighted by atomic mass is 10.1. The van der Waals surface area contributed by atoms with Crippen LogP contribution < -0.4 is 10.1 Å². The maximum absolute atomic E-state index is 12.4. The second-order valence-electron chi connectivity index (χ2n) is 6.57. The Morgan fingerprint density at radius 1 is 1.08 bits per heavy atom. The van der Waals surface area contributed by atoms with Gasteiger partial charge in [-0.15, -0.1) is 0 Å². The van der Waals surface area contributed by atoms with Crippen LogP contribution in [0.4, 0.5) is 5.69 Å². The summed E-state index contributed by atoms with van der Waals surface area (Å²) in [6, 6.07) is 15.2. The van der Waals surface area contributed by atoms with Crippen molar-refractivity contribution in [2.24, 2.45) is 0 Å². The van der Waals surface area contributed by atoms with Crippen LogP contribution in [0.25, 0.3) is 0 Å². The van der Waals surface area contributed by atoms with E-state index in [4.69, 9.17) is 4.74 Å². The molecule has 0 saturated heterocycles. The summed E-state index contributed by atoms with van der Waals surface area (Å²) in [5, 5.41) is 2.84. The highest BCUT2D eigenvalue weighted by Gasteiger charge is 2.16. The van der Waals surface area contributed by atoms with Crippen molar-refractivity contribution in [3.63, 3.8) is 0 Å². The first-order valence-corrected chi connectivity index (χ1v) is 8.71. The van der Waals surface area contributed by atoms with Crippen LogP contribution in [0.2, 0.25) is 0 Å². The molecule has 0 aliphatic carbocycles. The second-order valence-corrected chi connectivity index (χ2v) is 6.57. The van der Waals surface area contributed by atoms with Gasteiger partial charge in [0.05, 0.1) is 11.8 Å². The van der Waals surface area contributed by atoms with E-state index in [1.165, 1.54) is 11.8 Å². The minimum absolute atomic E-state index is 0.00306. The lowest BCUT2D eigenvalue weighted by Gasteiger charge is -2.21. The fourth-order valence-corrected chi connectivity index (χ4v) is 2.48. The molecule has 0 aliphatic heterocycles. The molecule has 0 aliphatic rings. The smallest absolute Gasteiger partial charge is 0.244 e. The number of hydrogen-bond acceptors (Lipinski definition) is 3. The summed E-state index contributed by atoms with van der Waals surface area (Å²) < 4.78 is 5.71. The molecule has 2 aromatic carbocycles. The molecule has 1 N–H and O–H groups in total. The van der Waals surface area contributed by atoms with Gasteiger partial charge in [-0.3, -0.25) is 9.59 Å². The van der Waals surface area contributed by atoms with E-state index in [-0.39, 0.29) is 24.5 Å². The second kappa shape index (κ2) is 9.04. The molecule has 26 heavy (non-hydrogen) atoms. The predicted octanol–water partition coefficient (Wildman–Crippen LogP) is 3.77. The Bertz CT molecular complexity index is 754. The molecule has 2 rings (SSSR count). The Kier molecular flexibility index (Phi) is 6.78. The first-order chi connectivity index (χ1) is 12.3. The highest BCUT2D eigenvalue weighted by Crippen LogP contribution is 2.24. The number of aryl methyl sites for hydroxylation is 1. The Morgan fingerprint density at radius 2 is 1.73 bits per heavy atom. The number of nitrogens with one attached hydrogen (secondary N) is 1. The number of anilines is 1. The highest BCUT2D eigenvalue weighted by atomic mass is 16.5. The molecule has 0 heterocycles. The molecule has 0 fully saturated rings. The summed E-state index contributed by atoms with van der Waals surface area (Å²) in [6.07, 6.45) is 0.00306. The largest absolute Gasteiger partial charge is 0.489 e. The van der Waals surface area contributed by atoms with Crippen molar-refractivity contribution in [2.45, 2.75) is 40.3 Å². The zero-order chi connectivity index (χ0) is 19.1. The monoisotopic (exact) mass is 354 g/mol. The van der Waals surface area contributed by atoms with Crippen molar-refractivity contribution in [1.29, 1.82) is 0 Å². The third-order valence-electron chi connectivity index (χ3n) is 3.80. The Hall–Kier alpha value is -2.82. The average molecular weight is 354 g/mol. The zero-order valence-corrected chi connectivity index (χ0v) is 15.8. The maximum Gasteiger partial charge on any atom is 0.244 e. The van der Waals surface area contributed by atoms with Gasteiger partial charge in [0, 0.05) is 13.5 Å². The lowest BCUT2D eigenvalue weighted by Crippen LogP contribution is -2.36. The summed E-state index contributed by atoms with van der Waals surface area (Å²) in [4.78, 5) is 25.9. The van der Waals surface area contributed by atoms with Gasteiger partial charge in [0.15, 0.2) is 0 Å². The van der Waals surface area contributed by atoms with Crippen molar-refractivity contribution in [3.05, 3.63) is 59.7 Å². The highest BCUT2D eigenvalue weighted by molar-refractivity contribution is 5.95. The van der Waals surface area contributed by atoms with Gasteiger partial charge in [-0.1, -0.05) is 42.0 Å². The Morgan fingerprint density at radius 3 is 2.35 bits per heavy atom. The predicted molar refractivity (Wildman–Crippen MR) is 103 cm³/mol. The number of rotatable bonds is 7. The minimum atomic E-state index is -0.257. The standard InChI is InChI=1S/C21H26N2O3/c1-15(2)26-20-8-6-5-7-19(20)22-21(25)14-23(17(4)24)13-18-11-9-16(3)10-12-18/h5-12,15H,13-14H2,1-4H3,(H,22,25). The van der Waals surface area contributed by atoms with E-state index in [1.54, 1.807) is 6.07 Å². The van der Waals surface area contributed by atoms with Gasteiger partial charge >= 0.3 is 0 Å². The van der Waals surface area contributed by atoms with Crippen LogP contribution in [0.15, 0.2) is 48.5 Å². The molecule has 0 saturated carbocycles. The number of carbonyl (C=O) groups is 2. The third kappa shape index (κ3) is 5.92. The van der Waals surface area contributed by atoms with Crippen LogP contribution in [0, 0.1) is 6.92 Å². The van der Waals surface area contributed by atoms with Crippen molar-refractivity contribution in [3.8, 4) is 5.75 Å². The van der Waals surface area contributed by atoms with Crippen LogP contribution in [0.3, 0.4) is 0 Å². The van der Waals surface area contributed by atoms with Crippen molar-refractivity contribution >= 4 is 17.5 Å². The van der Waals surface area contributed by atoms with Crippen molar-refractivity contribution < 1.29 is 14.3 Å². The van der Waals surface area contributed by atoms with Crippen LogP contribution in [-0.2, 0) is 16.1 Å². The first kappa shape index (κ1) is 19.5. The summed E-state index contributed by atoms with van der Waals surface area (Å²) >= 11 is 0. The van der Waals surface area contributed by atoms with Crippen LogP contribution in [0.1, 0.15) is 31.9 Å². The van der Waals surface area contributed by atoms with E-state index >= 15 is 0 Å². The molecular weight excluding hydrogens is 328 g/mol. The number of amides is 2. The molecule has 0 spiro atoms. The van der Waals surface area contributed by atoms with Gasteiger partial charge in [-0.2, -0.15) is 0 Å². The average Bonchev–Trinajstić information content (AvgIpc) is 2.57. The fraction of sp³-hybridized carbons (Fsp3) is 0.333. The van der Waals surface area contributed by atoms with E-state index < -0.39 is 0 Å². The molecule has 0 radical (unpaired) electrons. The quantitative estimate of drug-likeness (QED) is 0.823. The van der Waals surface area contributed by atoms with Gasteiger partial charge in [0.2, 0.25) is 11.8 Å². The first-order valence-electron chi connectivity index (χ1n) is 8.71. The van der Waals surface area contributed by atoms with E-state index in [0.717, 1.165) is 11.1 Å². The summed E-state index contributed by atoms with van der Waals surface area (Å²) in [5.74, 6) is 0.211. The number of ether oxygens (including phenoxy) is 1. The molecule has 5 nitrogen and oxygen atoms in total. The summed E-state index contributed by atoms with van der Waals surface area (Å²) in [5.41, 5.74) is 2.75. The van der Waals surface area contributed by atoms with E-state index in [2.05, 4.69) is 5.32 Å². The van der Waals surface area contributed by atoms with Crippen molar-refractivity contribution in [2.75, 3.05) is 11.9 Å².